The third kappa shape index (κ3) is 7.83. The number of amides is 4. The van der Waals surface area contributed by atoms with Crippen LogP contribution in [0.5, 0.6) is 5.75 Å². The minimum absolute atomic E-state index is 0.106. The van der Waals surface area contributed by atoms with E-state index >= 15 is 0 Å². The minimum Gasteiger partial charge on any atom is -0.489 e. The highest BCUT2D eigenvalue weighted by Gasteiger charge is 2.64. The van der Waals surface area contributed by atoms with E-state index in [-0.39, 0.29) is 48.6 Å². The number of anilines is 1. The van der Waals surface area contributed by atoms with Crippen molar-refractivity contribution in [3.05, 3.63) is 99.1 Å². The third-order valence-electron chi connectivity index (χ3n) is 13.2. The summed E-state index contributed by atoms with van der Waals surface area (Å²) < 4.78 is 9.10. The van der Waals surface area contributed by atoms with E-state index < -0.39 is 28.3 Å². The molecular formula is C45H47ClN12O6. The predicted octanol–water partition coefficient (Wildman–Crippen LogP) is 3.27. The van der Waals surface area contributed by atoms with E-state index in [1.165, 1.54) is 0 Å². The largest absolute Gasteiger partial charge is 0.489 e. The van der Waals surface area contributed by atoms with Gasteiger partial charge in [0.2, 0.25) is 11.8 Å². The van der Waals surface area contributed by atoms with E-state index in [4.69, 9.17) is 16.3 Å². The molecule has 19 heteroatoms. The first-order valence-corrected chi connectivity index (χ1v) is 21.7. The number of carbonyl (C=O) groups excluding carboxylic acids is 4. The number of carbonyl (C=O) groups is 4. The second-order valence-electron chi connectivity index (χ2n) is 18.2. The maximum atomic E-state index is 13.5. The van der Waals surface area contributed by atoms with Gasteiger partial charge in [-0.25, -0.2) is 4.68 Å². The number of aromatic nitrogens is 6. The number of nitriles is 1. The molecule has 3 aromatic carbocycles. The number of piperazine rings is 1. The van der Waals surface area contributed by atoms with Crippen LogP contribution in [0.4, 0.5) is 5.69 Å². The molecule has 5 aromatic rings. The first-order valence-electron chi connectivity index (χ1n) is 21.3. The summed E-state index contributed by atoms with van der Waals surface area (Å²) in [6.45, 7) is 12.4. The molecule has 3 saturated heterocycles. The van der Waals surface area contributed by atoms with Crippen LogP contribution in [0.2, 0.25) is 5.02 Å². The Morgan fingerprint density at radius 3 is 2.33 bits per heavy atom. The number of halogens is 1. The molecule has 4 amide bonds. The number of rotatable bonds is 10. The smallest absolute Gasteiger partial charge is 0.278 e. The third-order valence-corrected chi connectivity index (χ3v) is 13.5. The molecule has 0 bridgehead atoms. The molecule has 330 valence electrons. The molecule has 1 saturated carbocycles. The Labute approximate surface area is 373 Å². The summed E-state index contributed by atoms with van der Waals surface area (Å²) in [4.78, 5) is 70.6. The minimum atomic E-state index is -0.904. The van der Waals surface area contributed by atoms with Gasteiger partial charge >= 0.3 is 0 Å². The molecule has 64 heavy (non-hydrogen) atoms. The highest BCUT2D eigenvalue weighted by atomic mass is 35.5. The van der Waals surface area contributed by atoms with E-state index in [2.05, 4.69) is 69.9 Å². The monoisotopic (exact) mass is 886 g/mol. The van der Waals surface area contributed by atoms with Crippen LogP contribution in [0, 0.1) is 28.1 Å². The Hall–Kier alpha value is -6.71. The van der Waals surface area contributed by atoms with Crippen LogP contribution in [-0.2, 0) is 20.9 Å². The number of ether oxygens (including phenoxy) is 1. The van der Waals surface area contributed by atoms with Gasteiger partial charge in [0.1, 0.15) is 29.5 Å². The SMILES string of the molecule is CC1(C)[C@H](NC(=O)c2ccc(-n3cc(CN4CCN(C(=O)C5CN(c6ccc7nnn(C8CCC(=O)NC8=O)c(=O)c7c6)C5)CC4)nn3)cc2)C(C)(C)[C@H]1Oc1ccc(C#N)c(Cl)c1. The highest BCUT2D eigenvalue weighted by Crippen LogP contribution is 2.55. The molecule has 9 rings (SSSR count). The quantitative estimate of drug-likeness (QED) is 0.193. The Bertz CT molecular complexity index is 2770. The summed E-state index contributed by atoms with van der Waals surface area (Å²) in [5, 5.41) is 32.2. The molecule has 2 N–H and O–H groups in total. The number of hydrogen-bond donors (Lipinski definition) is 2. The maximum Gasteiger partial charge on any atom is 0.278 e. The number of piperidine rings is 1. The van der Waals surface area contributed by atoms with Gasteiger partial charge in [-0.2, -0.15) is 9.94 Å². The zero-order valence-corrected chi connectivity index (χ0v) is 36.6. The maximum absolute atomic E-state index is 13.5. The summed E-state index contributed by atoms with van der Waals surface area (Å²) in [5.74, 6) is -0.624. The summed E-state index contributed by atoms with van der Waals surface area (Å²) in [6, 6.07) is 18.5. The number of hydrogen-bond acceptors (Lipinski definition) is 13. The summed E-state index contributed by atoms with van der Waals surface area (Å²) in [7, 11) is 0. The molecule has 4 aliphatic rings. The fraction of sp³-hybridized carbons (Fsp3) is 0.422. The van der Waals surface area contributed by atoms with Crippen LogP contribution >= 0.6 is 11.6 Å². The predicted molar refractivity (Wildman–Crippen MR) is 234 cm³/mol. The van der Waals surface area contributed by atoms with Crippen molar-refractivity contribution in [2.45, 2.75) is 65.3 Å². The van der Waals surface area contributed by atoms with Crippen LogP contribution in [0.3, 0.4) is 0 Å². The molecule has 0 spiro atoms. The van der Waals surface area contributed by atoms with Crippen molar-refractivity contribution in [2.75, 3.05) is 44.2 Å². The van der Waals surface area contributed by atoms with Gasteiger partial charge in [-0.05, 0) is 61.0 Å². The van der Waals surface area contributed by atoms with E-state index in [0.717, 1.165) is 21.8 Å². The standard InChI is InChI=1S/C45H47ClN12O6/c1-44(2)42(45(3,4)43(44)64-32-11-7-27(21-47)34(46)20-32)49-38(60)26-5-8-30(9-6-26)57-25-29(50-52-57)24-54-15-17-55(18-16-54)40(62)28-22-56(23-28)31-10-12-35-33(19-31)41(63)58(53-51-35)36-13-14-37(59)48-39(36)61/h5-12,19-20,25,28,36,42-43H,13-18,22-24H2,1-4H3,(H,49,60)(H,48,59,61)/t36?,42-,43-. The molecule has 18 nitrogen and oxygen atoms in total. The molecule has 1 aliphatic carbocycles. The van der Waals surface area contributed by atoms with Crippen LogP contribution in [-0.4, -0.2) is 115 Å². The molecule has 2 aromatic heterocycles. The average Bonchev–Trinajstić information content (AvgIpc) is 3.73. The van der Waals surface area contributed by atoms with Crippen molar-refractivity contribution in [3.8, 4) is 17.5 Å². The number of nitrogens with one attached hydrogen (secondary N) is 2. The number of nitrogens with zero attached hydrogens (tertiary/aromatic N) is 10. The van der Waals surface area contributed by atoms with Crippen LogP contribution in [0.25, 0.3) is 16.6 Å². The van der Waals surface area contributed by atoms with E-state index in [9.17, 15) is 29.2 Å². The molecule has 1 atom stereocenters. The average molecular weight is 887 g/mol. The van der Waals surface area contributed by atoms with Crippen molar-refractivity contribution in [2.24, 2.45) is 16.7 Å². The van der Waals surface area contributed by atoms with Crippen molar-refractivity contribution in [3.63, 3.8) is 0 Å². The topological polar surface area (TPSA) is 214 Å². The van der Waals surface area contributed by atoms with Crippen LogP contribution in [0.15, 0.2) is 71.7 Å². The first-order chi connectivity index (χ1) is 30.6. The normalized spacial score (nSPS) is 22.0. The van der Waals surface area contributed by atoms with Gasteiger partial charge in [0.25, 0.3) is 17.4 Å². The molecule has 1 unspecified atom stereocenters. The lowest BCUT2D eigenvalue weighted by atomic mass is 9.49. The lowest BCUT2D eigenvalue weighted by Crippen LogP contribution is -2.74. The first kappa shape index (κ1) is 42.6. The number of benzene rings is 3. The summed E-state index contributed by atoms with van der Waals surface area (Å²) in [6.07, 6.45) is 1.95. The molecule has 4 fully saturated rings. The molecular weight excluding hydrogens is 840 g/mol. The van der Waals surface area contributed by atoms with Gasteiger partial charge in [-0.3, -0.25) is 34.2 Å². The van der Waals surface area contributed by atoms with Crippen molar-refractivity contribution >= 4 is 51.8 Å². The number of imide groups is 1. The Balaban J connectivity index is 0.740. The molecule has 0 radical (unpaired) electrons. The lowest BCUT2D eigenvalue weighted by molar-refractivity contribution is -0.164. The zero-order valence-electron chi connectivity index (χ0n) is 35.8. The second-order valence-corrected chi connectivity index (χ2v) is 18.6. The van der Waals surface area contributed by atoms with Gasteiger partial charge in [0, 0.05) is 86.4 Å². The van der Waals surface area contributed by atoms with Gasteiger partial charge in [-0.1, -0.05) is 49.7 Å². The summed E-state index contributed by atoms with van der Waals surface area (Å²) >= 11 is 6.25. The van der Waals surface area contributed by atoms with E-state index in [0.29, 0.717) is 78.6 Å². The lowest BCUT2D eigenvalue weighted by Gasteiger charge is -2.63. The second kappa shape index (κ2) is 16.4. The van der Waals surface area contributed by atoms with Crippen LogP contribution in [0.1, 0.15) is 68.2 Å². The van der Waals surface area contributed by atoms with Crippen LogP contribution < -0.4 is 25.8 Å². The Morgan fingerprint density at radius 1 is 0.922 bits per heavy atom. The van der Waals surface area contributed by atoms with Gasteiger partial charge < -0.3 is 19.9 Å². The fourth-order valence-electron chi connectivity index (χ4n) is 9.89. The van der Waals surface area contributed by atoms with Crippen molar-refractivity contribution in [1.29, 1.82) is 5.26 Å². The number of fused-ring (bicyclic) bond motifs is 1. The Kier molecular flexibility index (Phi) is 10.9. The van der Waals surface area contributed by atoms with Gasteiger partial charge in [-0.15, -0.1) is 10.2 Å². The van der Waals surface area contributed by atoms with Crippen molar-refractivity contribution in [1.82, 2.24) is 50.4 Å². The van der Waals surface area contributed by atoms with E-state index in [1.54, 1.807) is 47.1 Å². The van der Waals surface area contributed by atoms with Gasteiger partial charge in [0.15, 0.2) is 0 Å². The zero-order chi connectivity index (χ0) is 45.1. The van der Waals surface area contributed by atoms with Gasteiger partial charge in [0.05, 0.1) is 39.5 Å². The highest BCUT2D eigenvalue weighted by molar-refractivity contribution is 6.31. The Morgan fingerprint density at radius 2 is 1.64 bits per heavy atom. The summed E-state index contributed by atoms with van der Waals surface area (Å²) in [5.41, 5.74) is 2.39. The fourth-order valence-corrected chi connectivity index (χ4v) is 10.1. The molecule has 5 heterocycles. The molecule has 3 aliphatic heterocycles. The van der Waals surface area contributed by atoms with E-state index in [1.807, 2.05) is 34.2 Å². The van der Waals surface area contributed by atoms with Crippen molar-refractivity contribution < 1.29 is 23.9 Å².